The molecule has 2 heterocycles. The lowest BCUT2D eigenvalue weighted by molar-refractivity contribution is -0.130. The first kappa shape index (κ1) is 21.4. The van der Waals surface area contributed by atoms with Crippen LogP contribution in [0.5, 0.6) is 0 Å². The van der Waals surface area contributed by atoms with Crippen LogP contribution >= 0.6 is 0 Å². The molecule has 0 saturated carbocycles. The summed E-state index contributed by atoms with van der Waals surface area (Å²) in [7, 11) is 0. The summed E-state index contributed by atoms with van der Waals surface area (Å²) in [5.74, 6) is -4.76. The Morgan fingerprint density at radius 2 is 1.58 bits per heavy atom. The van der Waals surface area contributed by atoms with Crippen LogP contribution in [-0.2, 0) is 27.3 Å². The first-order valence-electron chi connectivity index (χ1n) is 10.1. The van der Waals surface area contributed by atoms with Gasteiger partial charge in [0.05, 0.1) is 25.3 Å². The van der Waals surface area contributed by atoms with E-state index < -0.39 is 23.5 Å². The van der Waals surface area contributed by atoms with Crippen LogP contribution in [0.25, 0.3) is 0 Å². The number of ether oxygens (including phenoxy) is 2. The molecule has 2 fully saturated rings. The molecule has 1 amide bonds. The lowest BCUT2D eigenvalue weighted by Crippen LogP contribution is -2.60. The maximum Gasteiger partial charge on any atom is 0.410 e. The summed E-state index contributed by atoms with van der Waals surface area (Å²) < 4.78 is 51.1. The van der Waals surface area contributed by atoms with E-state index in [4.69, 9.17) is 9.47 Å². The number of amides is 1. The molecule has 0 spiro atoms. The quantitative estimate of drug-likeness (QED) is 0.668. The van der Waals surface area contributed by atoms with E-state index in [1.54, 1.807) is 4.90 Å². The second-order valence-electron chi connectivity index (χ2n) is 7.98. The molecule has 0 aliphatic carbocycles. The third-order valence-corrected chi connectivity index (χ3v) is 5.81. The molecule has 2 bridgehead atoms. The number of rotatable bonds is 5. The highest BCUT2D eigenvalue weighted by molar-refractivity contribution is 5.84. The fraction of sp³-hybridized carbons (Fsp3) is 0.391. The summed E-state index contributed by atoms with van der Waals surface area (Å²) in [6.07, 6.45) is 0.109. The van der Waals surface area contributed by atoms with Crippen molar-refractivity contribution in [1.29, 1.82) is 0 Å². The number of piperidine rings is 1. The highest BCUT2D eigenvalue weighted by atomic mass is 19.2. The fourth-order valence-electron chi connectivity index (χ4n) is 4.33. The van der Waals surface area contributed by atoms with Crippen molar-refractivity contribution in [2.45, 2.75) is 38.0 Å². The number of ketones is 1. The molecule has 2 unspecified atom stereocenters. The number of morpholine rings is 1. The Morgan fingerprint density at radius 1 is 0.968 bits per heavy atom. The largest absolute Gasteiger partial charge is 0.445 e. The Kier molecular flexibility index (Phi) is 6.27. The monoisotopic (exact) mass is 433 g/mol. The summed E-state index contributed by atoms with van der Waals surface area (Å²) in [5.41, 5.74) is 0.966. The van der Waals surface area contributed by atoms with E-state index in [1.165, 1.54) is 0 Å². The summed E-state index contributed by atoms with van der Waals surface area (Å²) in [6, 6.07) is 10.4. The minimum Gasteiger partial charge on any atom is -0.445 e. The van der Waals surface area contributed by atoms with Crippen LogP contribution in [0.2, 0.25) is 0 Å². The van der Waals surface area contributed by atoms with Crippen molar-refractivity contribution in [3.05, 3.63) is 71.0 Å². The number of halogens is 3. The Morgan fingerprint density at radius 3 is 2.19 bits per heavy atom. The topological polar surface area (TPSA) is 55.8 Å². The fourth-order valence-corrected chi connectivity index (χ4v) is 4.33. The Balaban J connectivity index is 1.39. The summed E-state index contributed by atoms with van der Waals surface area (Å²) in [5, 5.41) is 0. The second kappa shape index (κ2) is 9.09. The smallest absolute Gasteiger partial charge is 0.410 e. The van der Waals surface area contributed by atoms with E-state index in [1.807, 2.05) is 30.3 Å². The van der Waals surface area contributed by atoms with Crippen molar-refractivity contribution >= 4 is 11.9 Å². The van der Waals surface area contributed by atoms with Crippen LogP contribution in [0.15, 0.2) is 42.5 Å². The molecule has 4 rings (SSSR count). The number of carbonyl (C=O) groups is 2. The highest BCUT2D eigenvalue weighted by Gasteiger charge is 2.44. The van der Waals surface area contributed by atoms with Crippen molar-refractivity contribution in [3.63, 3.8) is 0 Å². The summed E-state index contributed by atoms with van der Waals surface area (Å²) >= 11 is 0. The third-order valence-electron chi connectivity index (χ3n) is 5.81. The van der Waals surface area contributed by atoms with Gasteiger partial charge < -0.3 is 9.47 Å². The Bertz CT molecular complexity index is 932. The molecular formula is C23H22F3NO4. The van der Waals surface area contributed by atoms with Crippen LogP contribution in [0, 0.1) is 23.4 Å². The minimum absolute atomic E-state index is 0.0903. The first-order valence-corrected chi connectivity index (χ1v) is 10.1. The van der Waals surface area contributed by atoms with Gasteiger partial charge in [-0.3, -0.25) is 9.69 Å². The van der Waals surface area contributed by atoms with Crippen molar-refractivity contribution in [2.24, 2.45) is 5.92 Å². The van der Waals surface area contributed by atoms with E-state index in [0.717, 1.165) is 17.7 Å². The molecule has 2 atom stereocenters. The number of benzene rings is 2. The normalized spacial score (nSPS) is 22.8. The van der Waals surface area contributed by atoms with Gasteiger partial charge in [-0.1, -0.05) is 30.3 Å². The maximum absolute atomic E-state index is 13.5. The van der Waals surface area contributed by atoms with Crippen LogP contribution in [0.1, 0.15) is 24.0 Å². The molecule has 8 heteroatoms. The Labute approximate surface area is 177 Å². The average Bonchev–Trinajstić information content (AvgIpc) is 2.75. The van der Waals surface area contributed by atoms with Crippen molar-refractivity contribution in [2.75, 3.05) is 13.2 Å². The van der Waals surface area contributed by atoms with Crippen molar-refractivity contribution in [1.82, 2.24) is 4.90 Å². The van der Waals surface area contributed by atoms with Gasteiger partial charge in [-0.2, -0.15) is 0 Å². The van der Waals surface area contributed by atoms with Crippen LogP contribution in [0.4, 0.5) is 18.0 Å². The average molecular weight is 433 g/mol. The highest BCUT2D eigenvalue weighted by Crippen LogP contribution is 2.33. The molecule has 164 valence electrons. The van der Waals surface area contributed by atoms with Gasteiger partial charge in [0, 0.05) is 12.3 Å². The van der Waals surface area contributed by atoms with E-state index >= 15 is 0 Å². The third kappa shape index (κ3) is 4.74. The number of Topliss-reactive ketones (excluding diaryl/α,β-unsaturated/α-hetero) is 1. The van der Waals surface area contributed by atoms with Crippen LogP contribution < -0.4 is 0 Å². The van der Waals surface area contributed by atoms with Gasteiger partial charge in [0.25, 0.3) is 0 Å². The summed E-state index contributed by atoms with van der Waals surface area (Å²) in [4.78, 5) is 27.1. The minimum atomic E-state index is -1.55. The molecule has 0 radical (unpaired) electrons. The van der Waals surface area contributed by atoms with Gasteiger partial charge in [0.15, 0.2) is 17.5 Å². The molecule has 0 aromatic heterocycles. The zero-order valence-corrected chi connectivity index (χ0v) is 16.7. The number of fused-ring (bicyclic) bond motifs is 2. The van der Waals surface area contributed by atoms with E-state index in [9.17, 15) is 22.8 Å². The Hall–Kier alpha value is -2.87. The summed E-state index contributed by atoms with van der Waals surface area (Å²) in [6.45, 7) is 0.738. The van der Waals surface area contributed by atoms with E-state index in [2.05, 4.69) is 0 Å². The molecule has 2 saturated heterocycles. The van der Waals surface area contributed by atoms with Crippen LogP contribution in [-0.4, -0.2) is 42.1 Å². The SMILES string of the molecule is O=C(Cc1cc(F)c(F)c(F)c1)C1CC2COCC(C1)N2C(=O)OCc1ccccc1. The van der Waals surface area contributed by atoms with E-state index in [0.29, 0.717) is 26.1 Å². The van der Waals surface area contributed by atoms with Gasteiger partial charge in [-0.25, -0.2) is 18.0 Å². The lowest BCUT2D eigenvalue weighted by atomic mass is 9.81. The predicted octanol–water partition coefficient (Wildman–Crippen LogP) is 4.03. The number of nitrogens with zero attached hydrogens (tertiary/aromatic N) is 1. The zero-order valence-electron chi connectivity index (χ0n) is 16.7. The predicted molar refractivity (Wildman–Crippen MR) is 105 cm³/mol. The molecule has 2 aliphatic rings. The first-order chi connectivity index (χ1) is 14.9. The number of hydrogen-bond donors (Lipinski definition) is 0. The van der Waals surface area contributed by atoms with Gasteiger partial charge >= 0.3 is 6.09 Å². The maximum atomic E-state index is 13.5. The van der Waals surface area contributed by atoms with Gasteiger partial charge in [-0.15, -0.1) is 0 Å². The van der Waals surface area contributed by atoms with Crippen LogP contribution in [0.3, 0.4) is 0 Å². The second-order valence-corrected chi connectivity index (χ2v) is 7.98. The van der Waals surface area contributed by atoms with Crippen molar-refractivity contribution in [3.8, 4) is 0 Å². The van der Waals surface area contributed by atoms with Gasteiger partial charge in [0.2, 0.25) is 0 Å². The molecule has 2 aromatic carbocycles. The van der Waals surface area contributed by atoms with Gasteiger partial charge in [0.1, 0.15) is 12.4 Å². The molecule has 2 aromatic rings. The zero-order chi connectivity index (χ0) is 22.0. The molecule has 0 N–H and O–H groups in total. The van der Waals surface area contributed by atoms with Crippen molar-refractivity contribution < 1.29 is 32.2 Å². The molecular weight excluding hydrogens is 411 g/mol. The molecule has 31 heavy (non-hydrogen) atoms. The molecule has 5 nitrogen and oxygen atoms in total. The standard InChI is InChI=1S/C23H22F3NO4/c24-19-6-15(7-20(25)22(19)26)8-21(28)16-9-17-12-30-13-18(10-16)27(17)23(29)31-11-14-4-2-1-3-5-14/h1-7,16-18H,8-13H2. The number of hydrogen-bond acceptors (Lipinski definition) is 4. The van der Waals surface area contributed by atoms with Gasteiger partial charge in [-0.05, 0) is 36.1 Å². The van der Waals surface area contributed by atoms with E-state index in [-0.39, 0.29) is 42.4 Å². The number of carbonyl (C=O) groups excluding carboxylic acids is 2. The lowest BCUT2D eigenvalue weighted by Gasteiger charge is -2.47. The molecule has 2 aliphatic heterocycles.